The number of halogens is 1. The molecule has 2 heteroatoms. The Bertz CT molecular complexity index is 294. The molecule has 0 aliphatic carbocycles. The number of alkyl halides is 1. The van der Waals surface area contributed by atoms with Gasteiger partial charge in [0.25, 0.3) is 0 Å². The summed E-state index contributed by atoms with van der Waals surface area (Å²) in [5, 5.41) is 0.0995. The van der Waals surface area contributed by atoms with Gasteiger partial charge in [0.1, 0.15) is 0 Å². The summed E-state index contributed by atoms with van der Waals surface area (Å²) in [6, 6.07) is 8.49. The Morgan fingerprint density at radius 3 is 2.44 bits per heavy atom. The maximum Gasteiger partial charge on any atom is 0.0712 e. The largest absolute Gasteiger partial charge is 0.305 e. The minimum Gasteiger partial charge on any atom is -0.305 e. The lowest BCUT2D eigenvalue weighted by Gasteiger charge is -2.20. The van der Waals surface area contributed by atoms with E-state index in [1.54, 1.807) is 0 Å². The zero-order chi connectivity index (χ0) is 12.0. The molecule has 0 fully saturated rings. The SMILES string of the molecule is CCCCN(C)CC(Cl)c1ccc(C)cc1. The van der Waals surface area contributed by atoms with Gasteiger partial charge < -0.3 is 4.90 Å². The van der Waals surface area contributed by atoms with Crippen LogP contribution >= 0.6 is 11.6 Å². The molecule has 0 heterocycles. The van der Waals surface area contributed by atoms with Crippen LogP contribution in [0, 0.1) is 6.92 Å². The van der Waals surface area contributed by atoms with Crippen LogP contribution in [0.15, 0.2) is 24.3 Å². The summed E-state index contributed by atoms with van der Waals surface area (Å²) in [4.78, 5) is 2.31. The average molecular weight is 240 g/mol. The molecule has 0 spiro atoms. The van der Waals surface area contributed by atoms with Crippen molar-refractivity contribution in [2.75, 3.05) is 20.1 Å². The van der Waals surface area contributed by atoms with Gasteiger partial charge in [-0.3, -0.25) is 0 Å². The molecule has 0 aromatic heterocycles. The van der Waals surface area contributed by atoms with Crippen molar-refractivity contribution < 1.29 is 0 Å². The fourth-order valence-corrected chi connectivity index (χ4v) is 2.05. The van der Waals surface area contributed by atoms with Crippen LogP contribution in [0.4, 0.5) is 0 Å². The van der Waals surface area contributed by atoms with Gasteiger partial charge in [-0.2, -0.15) is 0 Å². The standard InChI is InChI=1S/C14H22ClN/c1-4-5-10-16(3)11-14(15)13-8-6-12(2)7-9-13/h6-9,14H,4-5,10-11H2,1-3H3. The number of hydrogen-bond donors (Lipinski definition) is 0. The molecule has 0 amide bonds. The van der Waals surface area contributed by atoms with Crippen LogP contribution in [-0.2, 0) is 0 Å². The van der Waals surface area contributed by atoms with Gasteiger partial charge in [-0.15, -0.1) is 11.6 Å². The molecule has 16 heavy (non-hydrogen) atoms. The third-order valence-corrected chi connectivity index (χ3v) is 3.19. The number of unbranched alkanes of at least 4 members (excludes halogenated alkanes) is 1. The summed E-state index contributed by atoms with van der Waals surface area (Å²) in [5.74, 6) is 0. The summed E-state index contributed by atoms with van der Waals surface area (Å²) in [7, 11) is 2.14. The van der Waals surface area contributed by atoms with E-state index in [1.807, 2.05) is 0 Å². The van der Waals surface area contributed by atoms with Crippen molar-refractivity contribution in [3.8, 4) is 0 Å². The lowest BCUT2D eigenvalue weighted by Crippen LogP contribution is -2.23. The summed E-state index contributed by atoms with van der Waals surface area (Å²) in [6.07, 6.45) is 2.48. The molecule has 0 bridgehead atoms. The van der Waals surface area contributed by atoms with E-state index in [0.29, 0.717) is 0 Å². The summed E-state index contributed by atoms with van der Waals surface area (Å²) in [6.45, 7) is 6.36. The van der Waals surface area contributed by atoms with Crippen molar-refractivity contribution in [3.05, 3.63) is 35.4 Å². The number of nitrogens with zero attached hydrogens (tertiary/aromatic N) is 1. The van der Waals surface area contributed by atoms with Crippen molar-refractivity contribution in [2.24, 2.45) is 0 Å². The van der Waals surface area contributed by atoms with Gasteiger partial charge >= 0.3 is 0 Å². The summed E-state index contributed by atoms with van der Waals surface area (Å²) >= 11 is 6.39. The highest BCUT2D eigenvalue weighted by Gasteiger charge is 2.10. The van der Waals surface area contributed by atoms with Gasteiger partial charge in [-0.05, 0) is 32.5 Å². The van der Waals surface area contributed by atoms with Gasteiger partial charge in [0.05, 0.1) is 5.38 Å². The van der Waals surface area contributed by atoms with Crippen LogP contribution < -0.4 is 0 Å². The number of rotatable bonds is 6. The van der Waals surface area contributed by atoms with Crippen molar-refractivity contribution in [1.29, 1.82) is 0 Å². The molecule has 1 unspecified atom stereocenters. The first kappa shape index (κ1) is 13.5. The Balaban J connectivity index is 2.45. The molecule has 1 atom stereocenters. The van der Waals surface area contributed by atoms with Crippen LogP contribution in [0.5, 0.6) is 0 Å². The molecule has 0 N–H and O–H groups in total. The highest BCUT2D eigenvalue weighted by atomic mass is 35.5. The number of likely N-dealkylation sites (N-methyl/N-ethyl adjacent to an activating group) is 1. The molecule has 0 aliphatic rings. The van der Waals surface area contributed by atoms with Crippen LogP contribution in [0.1, 0.15) is 36.3 Å². The second kappa shape index (κ2) is 6.93. The van der Waals surface area contributed by atoms with Crippen molar-refractivity contribution in [3.63, 3.8) is 0 Å². The monoisotopic (exact) mass is 239 g/mol. The fourth-order valence-electron chi connectivity index (χ4n) is 1.67. The van der Waals surface area contributed by atoms with E-state index in [1.165, 1.54) is 24.0 Å². The topological polar surface area (TPSA) is 3.24 Å². The number of hydrogen-bond acceptors (Lipinski definition) is 1. The Kier molecular flexibility index (Phi) is 5.86. The summed E-state index contributed by atoms with van der Waals surface area (Å²) < 4.78 is 0. The Labute approximate surface area is 104 Å². The van der Waals surface area contributed by atoms with E-state index < -0.39 is 0 Å². The van der Waals surface area contributed by atoms with Crippen molar-refractivity contribution in [2.45, 2.75) is 32.1 Å². The molecule has 1 aromatic rings. The smallest absolute Gasteiger partial charge is 0.0712 e. The maximum absolute atomic E-state index is 6.39. The van der Waals surface area contributed by atoms with Crippen LogP contribution in [0.25, 0.3) is 0 Å². The van der Waals surface area contributed by atoms with Gasteiger partial charge in [0.15, 0.2) is 0 Å². The number of benzene rings is 1. The minimum absolute atomic E-state index is 0.0995. The predicted molar refractivity (Wildman–Crippen MR) is 72.2 cm³/mol. The van der Waals surface area contributed by atoms with E-state index in [9.17, 15) is 0 Å². The lowest BCUT2D eigenvalue weighted by atomic mass is 10.1. The molecular formula is C14H22ClN. The molecule has 0 saturated carbocycles. The first-order valence-corrected chi connectivity index (χ1v) is 6.46. The molecule has 1 rings (SSSR count). The molecule has 1 nitrogen and oxygen atoms in total. The van der Waals surface area contributed by atoms with Crippen LogP contribution in [0.3, 0.4) is 0 Å². The third kappa shape index (κ3) is 4.54. The van der Waals surface area contributed by atoms with E-state index in [4.69, 9.17) is 11.6 Å². The summed E-state index contributed by atoms with van der Waals surface area (Å²) in [5.41, 5.74) is 2.50. The lowest BCUT2D eigenvalue weighted by molar-refractivity contribution is 0.328. The first-order valence-electron chi connectivity index (χ1n) is 6.02. The highest BCUT2D eigenvalue weighted by molar-refractivity contribution is 6.21. The van der Waals surface area contributed by atoms with Gasteiger partial charge in [-0.1, -0.05) is 43.2 Å². The molecule has 0 radical (unpaired) electrons. The Hall–Kier alpha value is -0.530. The average Bonchev–Trinajstić information content (AvgIpc) is 2.27. The molecule has 0 aliphatic heterocycles. The van der Waals surface area contributed by atoms with Crippen molar-refractivity contribution in [1.82, 2.24) is 4.90 Å². The second-order valence-electron chi connectivity index (χ2n) is 4.49. The molecule has 1 aromatic carbocycles. The van der Waals surface area contributed by atoms with Gasteiger partial charge in [-0.25, -0.2) is 0 Å². The predicted octanol–water partition coefficient (Wildman–Crippen LogP) is 4.01. The maximum atomic E-state index is 6.39. The van der Waals surface area contributed by atoms with Crippen LogP contribution in [-0.4, -0.2) is 25.0 Å². The van der Waals surface area contributed by atoms with E-state index in [-0.39, 0.29) is 5.38 Å². The first-order chi connectivity index (χ1) is 7.63. The molecule has 0 saturated heterocycles. The van der Waals surface area contributed by atoms with E-state index in [0.717, 1.165) is 13.1 Å². The zero-order valence-corrected chi connectivity index (χ0v) is 11.3. The second-order valence-corrected chi connectivity index (χ2v) is 5.02. The molecule has 90 valence electrons. The Morgan fingerprint density at radius 1 is 1.25 bits per heavy atom. The quantitative estimate of drug-likeness (QED) is 0.678. The van der Waals surface area contributed by atoms with Crippen molar-refractivity contribution >= 4 is 11.6 Å². The fraction of sp³-hybridized carbons (Fsp3) is 0.571. The highest BCUT2D eigenvalue weighted by Crippen LogP contribution is 2.21. The normalized spacial score (nSPS) is 13.1. The van der Waals surface area contributed by atoms with Gasteiger partial charge in [0.2, 0.25) is 0 Å². The third-order valence-electron chi connectivity index (χ3n) is 2.80. The zero-order valence-electron chi connectivity index (χ0n) is 10.5. The number of aryl methyl sites for hydroxylation is 1. The van der Waals surface area contributed by atoms with Gasteiger partial charge in [0, 0.05) is 6.54 Å². The molecular weight excluding hydrogens is 218 g/mol. The Morgan fingerprint density at radius 2 is 1.88 bits per heavy atom. The van der Waals surface area contributed by atoms with E-state index >= 15 is 0 Å². The van der Waals surface area contributed by atoms with Crippen LogP contribution in [0.2, 0.25) is 0 Å². The minimum atomic E-state index is 0.0995. The van der Waals surface area contributed by atoms with E-state index in [2.05, 4.69) is 50.1 Å².